The minimum Gasteiger partial charge on any atom is -0.481 e. The topological polar surface area (TPSA) is 90.0 Å². The van der Waals surface area contributed by atoms with E-state index in [4.69, 9.17) is 0 Å². The molecule has 7 rings (SSSR count). The first-order valence-electron chi connectivity index (χ1n) is 21.1. The lowest BCUT2D eigenvalue weighted by atomic mass is 9.33. The number of piperazine rings is 1. The maximum atomic E-state index is 14.0. The molecule has 1 saturated heterocycles. The molecular formula is C44H70FN3O4S. The molecule has 298 valence electrons. The Morgan fingerprint density at radius 2 is 1.64 bits per heavy atom. The third kappa shape index (κ3) is 6.09. The predicted molar refractivity (Wildman–Crippen MR) is 212 cm³/mol. The number of sulfonamides is 1. The Bertz CT molecular complexity index is 1650. The average Bonchev–Trinajstić information content (AvgIpc) is 3.48. The van der Waals surface area contributed by atoms with Crippen LogP contribution in [0.3, 0.4) is 0 Å². The largest absolute Gasteiger partial charge is 0.481 e. The number of hydrogen-bond donors (Lipinski definition) is 2. The number of halogens is 1. The maximum absolute atomic E-state index is 14.0. The van der Waals surface area contributed by atoms with Crippen LogP contribution in [0, 0.1) is 56.7 Å². The lowest BCUT2D eigenvalue weighted by molar-refractivity contribution is -0.221. The molecule has 1 heterocycles. The minimum atomic E-state index is -3.12. The van der Waals surface area contributed by atoms with Gasteiger partial charge in [-0.05, 0) is 146 Å². The second kappa shape index (κ2) is 13.5. The first-order chi connectivity index (χ1) is 24.8. The van der Waals surface area contributed by atoms with Gasteiger partial charge < -0.3 is 10.4 Å². The second-order valence-corrected chi connectivity index (χ2v) is 22.5. The van der Waals surface area contributed by atoms with Gasteiger partial charge in [-0.25, -0.2) is 12.8 Å². The molecule has 1 unspecified atom stereocenters. The highest BCUT2D eigenvalue weighted by Crippen LogP contribution is 2.76. The number of nitrogens with one attached hydrogen (secondary N) is 1. The van der Waals surface area contributed by atoms with Crippen molar-refractivity contribution in [1.82, 2.24) is 14.5 Å². The van der Waals surface area contributed by atoms with Crippen LogP contribution in [0.25, 0.3) is 0 Å². The van der Waals surface area contributed by atoms with Gasteiger partial charge >= 0.3 is 5.97 Å². The minimum absolute atomic E-state index is 0.0174. The van der Waals surface area contributed by atoms with Gasteiger partial charge in [-0.2, -0.15) is 4.31 Å². The van der Waals surface area contributed by atoms with Crippen molar-refractivity contribution in [2.45, 2.75) is 124 Å². The Balaban J connectivity index is 1.11. The summed E-state index contributed by atoms with van der Waals surface area (Å²) in [5.74, 6) is 2.01. The van der Waals surface area contributed by atoms with E-state index in [2.05, 4.69) is 70.5 Å². The number of carboxylic acids is 1. The van der Waals surface area contributed by atoms with Crippen LogP contribution < -0.4 is 5.32 Å². The first kappa shape index (κ1) is 39.7. The number of fused-ring (bicyclic) bond motifs is 7. The molecule has 0 amide bonds. The predicted octanol–water partition coefficient (Wildman–Crippen LogP) is 8.25. The zero-order chi connectivity index (χ0) is 38.4. The summed E-state index contributed by atoms with van der Waals surface area (Å²) < 4.78 is 39.7. The molecule has 0 aromatic heterocycles. The van der Waals surface area contributed by atoms with Gasteiger partial charge in [0, 0.05) is 44.8 Å². The summed E-state index contributed by atoms with van der Waals surface area (Å²) in [4.78, 5) is 14.4. The molecule has 7 nitrogen and oxygen atoms in total. The van der Waals surface area contributed by atoms with Crippen LogP contribution in [0.5, 0.6) is 0 Å². The fourth-order valence-electron chi connectivity index (χ4n) is 14.9. The van der Waals surface area contributed by atoms with Crippen LogP contribution in [0.15, 0.2) is 35.5 Å². The standard InChI is InChI=1S/C44H70FN3O4S/c1-30(2)32-13-20-44(46-23-24-47-25-27-48(28-26-47)53(8,51)52)22-21-41(6)34(37(32)44)9-10-36-40(5)16-14-33(39(3,4)35(40)15-17-42(36,41)7)31-11-18-43(29-45,19-12-31)38(49)50/h11,14,32,34-37,46H,1,9-10,12-13,15-29H2,2-8H3,(H,49,50)/t32-,34+,35-,36+,37?,40-,41+,42+,43-,44-/m0/s1. The van der Waals surface area contributed by atoms with Crippen molar-refractivity contribution in [3.8, 4) is 0 Å². The molecule has 6 aliphatic carbocycles. The van der Waals surface area contributed by atoms with Crippen LogP contribution in [-0.2, 0) is 14.8 Å². The van der Waals surface area contributed by atoms with Gasteiger partial charge in [0.2, 0.25) is 10.0 Å². The molecule has 0 bridgehead atoms. The van der Waals surface area contributed by atoms with Crippen molar-refractivity contribution in [1.29, 1.82) is 0 Å². The highest BCUT2D eigenvalue weighted by molar-refractivity contribution is 7.88. The zero-order valence-corrected chi connectivity index (χ0v) is 34.9. The zero-order valence-electron chi connectivity index (χ0n) is 34.0. The third-order valence-corrected chi connectivity index (χ3v) is 19.3. The Morgan fingerprint density at radius 1 is 0.925 bits per heavy atom. The van der Waals surface area contributed by atoms with Gasteiger partial charge in [0.15, 0.2) is 0 Å². The number of aliphatic carboxylic acids is 1. The molecule has 0 aromatic carbocycles. The molecule has 0 aromatic rings. The van der Waals surface area contributed by atoms with Gasteiger partial charge in [-0.15, -0.1) is 0 Å². The van der Waals surface area contributed by atoms with Gasteiger partial charge in [-0.1, -0.05) is 58.9 Å². The molecule has 4 saturated carbocycles. The number of nitrogens with zero attached hydrogens (tertiary/aromatic N) is 2. The van der Waals surface area contributed by atoms with Gasteiger partial charge in [0.05, 0.1) is 11.7 Å². The molecule has 7 aliphatic rings. The number of carboxylic acid groups (broad SMARTS) is 1. The lowest BCUT2D eigenvalue weighted by Gasteiger charge is -2.72. The Labute approximate surface area is 320 Å². The smallest absolute Gasteiger partial charge is 0.312 e. The molecule has 2 N–H and O–H groups in total. The molecule has 1 aliphatic heterocycles. The molecule has 9 heteroatoms. The summed E-state index contributed by atoms with van der Waals surface area (Å²) in [5, 5.41) is 14.1. The highest BCUT2D eigenvalue weighted by atomic mass is 32.2. The number of allylic oxidation sites excluding steroid dienone is 5. The van der Waals surface area contributed by atoms with Crippen LogP contribution in [-0.4, -0.2) is 86.4 Å². The van der Waals surface area contributed by atoms with Crippen molar-refractivity contribution in [2.24, 2.45) is 56.7 Å². The summed E-state index contributed by atoms with van der Waals surface area (Å²) in [6.07, 6.45) is 18.3. The van der Waals surface area contributed by atoms with Gasteiger partial charge in [-0.3, -0.25) is 9.69 Å². The van der Waals surface area contributed by atoms with Crippen molar-refractivity contribution in [3.05, 3.63) is 35.5 Å². The Morgan fingerprint density at radius 3 is 2.25 bits per heavy atom. The average molecular weight is 756 g/mol. The number of alkyl halides is 1. The normalized spacial score (nSPS) is 44.5. The van der Waals surface area contributed by atoms with Crippen molar-refractivity contribution in [2.75, 3.05) is 52.2 Å². The fraction of sp³-hybridized carbons (Fsp3) is 0.841. The van der Waals surface area contributed by atoms with E-state index in [1.807, 2.05) is 0 Å². The van der Waals surface area contributed by atoms with E-state index in [0.717, 1.165) is 32.6 Å². The molecule has 0 spiro atoms. The molecule has 0 radical (unpaired) electrons. The van der Waals surface area contributed by atoms with E-state index in [1.165, 1.54) is 74.3 Å². The Kier molecular flexibility index (Phi) is 10.1. The van der Waals surface area contributed by atoms with Crippen LogP contribution in [0.4, 0.5) is 4.39 Å². The van der Waals surface area contributed by atoms with E-state index in [1.54, 1.807) is 4.31 Å². The van der Waals surface area contributed by atoms with E-state index in [-0.39, 0.29) is 33.6 Å². The van der Waals surface area contributed by atoms with Gasteiger partial charge in [0.1, 0.15) is 6.67 Å². The van der Waals surface area contributed by atoms with Crippen molar-refractivity contribution in [3.63, 3.8) is 0 Å². The van der Waals surface area contributed by atoms with E-state index >= 15 is 0 Å². The number of carbonyl (C=O) groups is 1. The third-order valence-electron chi connectivity index (χ3n) is 18.0. The Hall–Kier alpha value is -1.55. The molecule has 10 atom stereocenters. The summed E-state index contributed by atoms with van der Waals surface area (Å²) in [6.45, 7) is 23.7. The first-order valence-corrected chi connectivity index (χ1v) is 22.9. The van der Waals surface area contributed by atoms with Crippen molar-refractivity contribution < 1.29 is 22.7 Å². The summed E-state index contributed by atoms with van der Waals surface area (Å²) in [5.41, 5.74) is 3.61. The lowest BCUT2D eigenvalue weighted by Crippen LogP contribution is -2.68. The second-order valence-electron chi connectivity index (χ2n) is 20.5. The SMILES string of the molecule is C=C(C)[C@@H]1CC[C@]2(NCCN3CCN(S(C)(=O)=O)CC3)CC[C@]3(C)[C@H](CC[C@@H]4[C@@]5(C)CC=C(C6=CC[C@](CF)(C(=O)O)CC6)C(C)(C)[C@@H]5CC[C@]43C)C12. The monoisotopic (exact) mass is 756 g/mol. The number of rotatable bonds is 9. The van der Waals surface area contributed by atoms with Crippen LogP contribution in [0.1, 0.15) is 119 Å². The maximum Gasteiger partial charge on any atom is 0.312 e. The summed E-state index contributed by atoms with van der Waals surface area (Å²) in [7, 11) is -3.12. The fourth-order valence-corrected chi connectivity index (χ4v) is 15.7. The summed E-state index contributed by atoms with van der Waals surface area (Å²) in [6, 6.07) is 0. The van der Waals surface area contributed by atoms with Crippen LogP contribution in [0.2, 0.25) is 0 Å². The molecule has 5 fully saturated rings. The van der Waals surface area contributed by atoms with Gasteiger partial charge in [0.25, 0.3) is 0 Å². The summed E-state index contributed by atoms with van der Waals surface area (Å²) >= 11 is 0. The van der Waals surface area contributed by atoms with E-state index in [0.29, 0.717) is 55.5 Å². The van der Waals surface area contributed by atoms with Crippen molar-refractivity contribution >= 4 is 16.0 Å². The highest BCUT2D eigenvalue weighted by Gasteiger charge is 2.70. The van der Waals surface area contributed by atoms with E-state index < -0.39 is 28.1 Å². The number of hydrogen-bond acceptors (Lipinski definition) is 5. The van der Waals surface area contributed by atoms with E-state index in [9.17, 15) is 22.7 Å². The molecular weight excluding hydrogens is 686 g/mol. The van der Waals surface area contributed by atoms with Crippen LogP contribution >= 0.6 is 0 Å². The molecule has 53 heavy (non-hydrogen) atoms. The quantitative estimate of drug-likeness (QED) is 0.231.